The second-order valence-electron chi connectivity index (χ2n) is 6.71. The molecule has 0 spiro atoms. The molecule has 3 rings (SSSR count). The molecule has 0 bridgehead atoms. The van der Waals surface area contributed by atoms with Gasteiger partial charge in [0, 0.05) is 44.3 Å². The van der Waals surface area contributed by atoms with Gasteiger partial charge in [0.25, 0.3) is 0 Å². The van der Waals surface area contributed by atoms with Crippen molar-refractivity contribution >= 4 is 29.9 Å². The minimum atomic E-state index is 0. The van der Waals surface area contributed by atoms with Crippen molar-refractivity contribution in [1.82, 2.24) is 25.4 Å². The topological polar surface area (TPSA) is 76.4 Å². The monoisotopic (exact) mass is 520 g/mol. The van der Waals surface area contributed by atoms with Crippen LogP contribution < -0.4 is 15.4 Å². The van der Waals surface area contributed by atoms with Crippen LogP contribution in [-0.2, 0) is 13.1 Å². The van der Waals surface area contributed by atoms with E-state index in [2.05, 4.69) is 57.8 Å². The molecule has 1 aromatic carbocycles. The number of rotatable bonds is 8. The number of pyridine rings is 1. The number of nitrogens with zero attached hydrogens (tertiary/aromatic N) is 4. The van der Waals surface area contributed by atoms with Crippen LogP contribution in [0.2, 0.25) is 0 Å². The second-order valence-corrected chi connectivity index (χ2v) is 6.71. The molecule has 0 unspecified atom stereocenters. The van der Waals surface area contributed by atoms with Gasteiger partial charge in [-0.15, -0.1) is 24.0 Å². The summed E-state index contributed by atoms with van der Waals surface area (Å²) in [5.41, 5.74) is 3.39. The molecule has 2 heterocycles. The van der Waals surface area contributed by atoms with Crippen LogP contribution in [0.15, 0.2) is 60.0 Å². The van der Waals surface area contributed by atoms with Gasteiger partial charge in [-0.1, -0.05) is 19.1 Å². The molecule has 7 nitrogen and oxygen atoms in total. The number of nitrogens with one attached hydrogen (secondary N) is 2. The molecule has 30 heavy (non-hydrogen) atoms. The Morgan fingerprint density at radius 3 is 2.70 bits per heavy atom. The maximum Gasteiger partial charge on any atom is 0.191 e. The van der Waals surface area contributed by atoms with E-state index in [1.54, 1.807) is 24.1 Å². The summed E-state index contributed by atoms with van der Waals surface area (Å²) in [6, 6.07) is 12.1. The fraction of sp³-hybridized carbons (Fsp3) is 0.318. The largest absolute Gasteiger partial charge is 0.493 e. The standard InChI is InChI=1S/C22H28N6O.HI/c1-4-12-29-20-13-17(2)6-7-19(20)16-26-22(23-3)25-15-18-8-10-24-21(14-18)28-11-5-9-27-28;/h5-11,13-14H,4,12,15-16H2,1-3H3,(H2,23,25,26);1H. The molecule has 3 aromatic rings. The molecule has 0 saturated heterocycles. The number of aromatic nitrogens is 3. The normalized spacial score (nSPS) is 11.0. The lowest BCUT2D eigenvalue weighted by Gasteiger charge is -2.15. The third-order valence-corrected chi connectivity index (χ3v) is 4.36. The third-order valence-electron chi connectivity index (χ3n) is 4.36. The van der Waals surface area contributed by atoms with Crippen LogP contribution in [-0.4, -0.2) is 34.4 Å². The molecule has 0 radical (unpaired) electrons. The van der Waals surface area contributed by atoms with Gasteiger partial charge in [-0.05, 0) is 48.7 Å². The van der Waals surface area contributed by atoms with E-state index in [0.717, 1.165) is 35.1 Å². The molecule has 2 N–H and O–H groups in total. The number of aryl methyl sites for hydroxylation is 1. The van der Waals surface area contributed by atoms with Gasteiger partial charge in [0.1, 0.15) is 5.75 Å². The molecule has 0 amide bonds. The number of hydrogen-bond acceptors (Lipinski definition) is 4. The summed E-state index contributed by atoms with van der Waals surface area (Å²) in [5.74, 6) is 2.44. The van der Waals surface area contributed by atoms with Crippen LogP contribution in [0.3, 0.4) is 0 Å². The first-order chi connectivity index (χ1) is 14.2. The van der Waals surface area contributed by atoms with Crippen LogP contribution in [0.25, 0.3) is 5.82 Å². The van der Waals surface area contributed by atoms with Gasteiger partial charge < -0.3 is 15.4 Å². The lowest BCUT2D eigenvalue weighted by Crippen LogP contribution is -2.36. The number of hydrogen-bond donors (Lipinski definition) is 2. The first-order valence-corrected chi connectivity index (χ1v) is 9.81. The maximum absolute atomic E-state index is 5.90. The first kappa shape index (κ1) is 23.7. The van der Waals surface area contributed by atoms with Crippen molar-refractivity contribution in [1.29, 1.82) is 0 Å². The number of halogens is 1. The van der Waals surface area contributed by atoms with E-state index in [9.17, 15) is 0 Å². The summed E-state index contributed by atoms with van der Waals surface area (Å²) in [6.45, 7) is 6.15. The SMILES string of the molecule is CCCOc1cc(C)ccc1CNC(=NC)NCc1ccnc(-n2cccn2)c1.I. The number of aliphatic imine (C=N–C) groups is 1. The Bertz CT molecular complexity index is 943. The summed E-state index contributed by atoms with van der Waals surface area (Å²) in [4.78, 5) is 8.68. The second kappa shape index (κ2) is 12.2. The highest BCUT2D eigenvalue weighted by Gasteiger charge is 2.06. The summed E-state index contributed by atoms with van der Waals surface area (Å²) in [7, 11) is 1.76. The molecule has 0 fully saturated rings. The average molecular weight is 520 g/mol. The number of benzene rings is 1. The van der Waals surface area contributed by atoms with E-state index in [0.29, 0.717) is 19.7 Å². The van der Waals surface area contributed by atoms with E-state index in [-0.39, 0.29) is 24.0 Å². The van der Waals surface area contributed by atoms with Gasteiger partial charge >= 0.3 is 0 Å². The first-order valence-electron chi connectivity index (χ1n) is 9.81. The number of ether oxygens (including phenoxy) is 1. The zero-order valence-corrected chi connectivity index (χ0v) is 20.0. The molecule has 0 saturated carbocycles. The molecule has 0 aliphatic rings. The smallest absolute Gasteiger partial charge is 0.191 e. The van der Waals surface area contributed by atoms with Crippen molar-refractivity contribution < 1.29 is 4.74 Å². The minimum Gasteiger partial charge on any atom is -0.493 e. The van der Waals surface area contributed by atoms with E-state index in [1.807, 2.05) is 24.4 Å². The Morgan fingerprint density at radius 1 is 1.13 bits per heavy atom. The zero-order chi connectivity index (χ0) is 20.5. The molecule has 8 heteroatoms. The number of guanidine groups is 1. The van der Waals surface area contributed by atoms with Crippen molar-refractivity contribution in [3.63, 3.8) is 0 Å². The lowest BCUT2D eigenvalue weighted by molar-refractivity contribution is 0.313. The van der Waals surface area contributed by atoms with Gasteiger partial charge in [-0.3, -0.25) is 4.99 Å². The quantitative estimate of drug-likeness (QED) is 0.268. The molecule has 2 aromatic heterocycles. The van der Waals surface area contributed by atoms with Crippen LogP contribution in [0.4, 0.5) is 0 Å². The Morgan fingerprint density at radius 2 is 1.97 bits per heavy atom. The highest BCUT2D eigenvalue weighted by Crippen LogP contribution is 2.20. The van der Waals surface area contributed by atoms with E-state index in [4.69, 9.17) is 4.74 Å². The molecule has 0 aliphatic heterocycles. The van der Waals surface area contributed by atoms with Gasteiger partial charge in [-0.2, -0.15) is 5.10 Å². The Kier molecular flexibility index (Phi) is 9.59. The zero-order valence-electron chi connectivity index (χ0n) is 17.6. The Balaban J connectivity index is 0.00000320. The van der Waals surface area contributed by atoms with Crippen LogP contribution >= 0.6 is 24.0 Å². The predicted octanol–water partition coefficient (Wildman–Crippen LogP) is 3.85. The molecule has 0 aliphatic carbocycles. The molecule has 0 atom stereocenters. The lowest BCUT2D eigenvalue weighted by atomic mass is 10.1. The van der Waals surface area contributed by atoms with E-state index < -0.39 is 0 Å². The summed E-state index contributed by atoms with van der Waals surface area (Å²) in [5, 5.41) is 10.9. The minimum absolute atomic E-state index is 0. The van der Waals surface area contributed by atoms with Crippen molar-refractivity contribution in [2.45, 2.75) is 33.4 Å². The Hall–Kier alpha value is -2.62. The predicted molar refractivity (Wildman–Crippen MR) is 131 cm³/mol. The average Bonchev–Trinajstić information content (AvgIpc) is 3.28. The summed E-state index contributed by atoms with van der Waals surface area (Å²) in [6.07, 6.45) is 6.38. The van der Waals surface area contributed by atoms with Gasteiger partial charge in [0.2, 0.25) is 0 Å². The van der Waals surface area contributed by atoms with Crippen LogP contribution in [0.5, 0.6) is 5.75 Å². The van der Waals surface area contributed by atoms with E-state index >= 15 is 0 Å². The fourth-order valence-electron chi connectivity index (χ4n) is 2.84. The highest BCUT2D eigenvalue weighted by atomic mass is 127. The van der Waals surface area contributed by atoms with Gasteiger partial charge in [-0.25, -0.2) is 9.67 Å². The van der Waals surface area contributed by atoms with Gasteiger partial charge in [0.05, 0.1) is 6.61 Å². The fourth-order valence-corrected chi connectivity index (χ4v) is 2.84. The third kappa shape index (κ3) is 6.72. The Labute approximate surface area is 195 Å². The van der Waals surface area contributed by atoms with Crippen molar-refractivity contribution in [3.05, 3.63) is 71.7 Å². The van der Waals surface area contributed by atoms with Crippen LogP contribution in [0.1, 0.15) is 30.0 Å². The van der Waals surface area contributed by atoms with Crippen molar-refractivity contribution in [2.75, 3.05) is 13.7 Å². The van der Waals surface area contributed by atoms with Crippen LogP contribution in [0, 0.1) is 6.92 Å². The van der Waals surface area contributed by atoms with Gasteiger partial charge in [0.15, 0.2) is 11.8 Å². The molecular weight excluding hydrogens is 491 g/mol. The van der Waals surface area contributed by atoms with Crippen molar-refractivity contribution in [2.24, 2.45) is 4.99 Å². The van der Waals surface area contributed by atoms with Crippen molar-refractivity contribution in [3.8, 4) is 11.6 Å². The summed E-state index contributed by atoms with van der Waals surface area (Å²) >= 11 is 0. The van der Waals surface area contributed by atoms with E-state index in [1.165, 1.54) is 5.56 Å². The maximum atomic E-state index is 5.90. The molecule has 160 valence electrons. The molecular formula is C22H29IN6O. The summed E-state index contributed by atoms with van der Waals surface area (Å²) < 4.78 is 7.64. The highest BCUT2D eigenvalue weighted by molar-refractivity contribution is 14.0.